The minimum absolute atomic E-state index is 0.364. The van der Waals surface area contributed by atoms with E-state index in [0.717, 1.165) is 4.91 Å². The summed E-state index contributed by atoms with van der Waals surface area (Å²) in [6.45, 7) is 2.17. The van der Waals surface area contributed by atoms with Gasteiger partial charge in [0.2, 0.25) is 0 Å². The minimum atomic E-state index is -0.364. The van der Waals surface area contributed by atoms with Gasteiger partial charge in [0.15, 0.2) is 0 Å². The van der Waals surface area contributed by atoms with Gasteiger partial charge in [0.25, 0.3) is 0 Å². The first-order valence-corrected chi connectivity index (χ1v) is 5.31. The molecule has 0 aliphatic carbocycles. The van der Waals surface area contributed by atoms with Crippen molar-refractivity contribution in [2.45, 2.75) is 0 Å². The fourth-order valence-electron chi connectivity index (χ4n) is 0.490. The van der Waals surface area contributed by atoms with Gasteiger partial charge in [-0.15, -0.1) is 0 Å². The summed E-state index contributed by atoms with van der Waals surface area (Å²) in [6.07, 6.45) is 0. The van der Waals surface area contributed by atoms with Crippen LogP contribution in [-0.2, 0) is 0 Å². The fourth-order valence-corrected chi connectivity index (χ4v) is 3.37. The largest absolute Gasteiger partial charge is 0.192 e. The first kappa shape index (κ1) is 6.01. The molecule has 0 saturated heterocycles. The van der Waals surface area contributed by atoms with Crippen molar-refractivity contribution in [3.63, 3.8) is 0 Å². The van der Waals surface area contributed by atoms with E-state index in [1.807, 2.05) is 0 Å². The first-order valence-electron chi connectivity index (χ1n) is 2.28. The monoisotopic (exact) mass is 143 g/mol. The van der Waals surface area contributed by atoms with Crippen LogP contribution in [0.1, 0.15) is 0 Å². The van der Waals surface area contributed by atoms with E-state index in [-0.39, 0.29) is 7.55 Å². The molecule has 42 valence electrons. The molecule has 0 fully saturated rings. The second-order valence-electron chi connectivity index (χ2n) is 1.60. The number of hydrogen-bond donors (Lipinski definition) is 0. The lowest BCUT2D eigenvalue weighted by molar-refractivity contribution is 1.53. The van der Waals surface area contributed by atoms with E-state index in [2.05, 4.69) is 23.7 Å². The van der Waals surface area contributed by atoms with Crippen LogP contribution >= 0.6 is 19.3 Å². The van der Waals surface area contributed by atoms with E-state index in [4.69, 9.17) is 5.26 Å². The molecule has 1 aliphatic heterocycles. The molecule has 1 unspecified atom stereocenters. The molecule has 1 rings (SSSR count). The van der Waals surface area contributed by atoms with Crippen molar-refractivity contribution in [1.82, 2.24) is 0 Å². The normalized spacial score (nSPS) is 26.0. The van der Waals surface area contributed by atoms with Gasteiger partial charge in [-0.2, -0.15) is 5.26 Å². The number of rotatable bonds is 0. The van der Waals surface area contributed by atoms with Crippen LogP contribution < -0.4 is 0 Å². The highest BCUT2D eigenvalue weighted by molar-refractivity contribution is 8.22. The van der Waals surface area contributed by atoms with Crippen LogP contribution in [0.5, 0.6) is 0 Å². The Bertz CT molecular complexity index is 199. The standard InChI is InChI=1S/C5H6NPS/c1-7-3-5(2-6)8-4-7/h3-4,7H,1H3. The van der Waals surface area contributed by atoms with Crippen LogP contribution in [0.4, 0.5) is 0 Å². The molecule has 1 heterocycles. The predicted molar refractivity (Wildman–Crippen MR) is 41.6 cm³/mol. The van der Waals surface area contributed by atoms with Crippen molar-refractivity contribution in [2.75, 3.05) is 6.66 Å². The van der Waals surface area contributed by atoms with Crippen molar-refractivity contribution in [3.8, 4) is 6.07 Å². The second-order valence-corrected chi connectivity index (χ2v) is 5.00. The zero-order valence-electron chi connectivity index (χ0n) is 4.51. The maximum absolute atomic E-state index is 8.34. The van der Waals surface area contributed by atoms with Gasteiger partial charge in [-0.3, -0.25) is 0 Å². The molecular weight excluding hydrogens is 137 g/mol. The van der Waals surface area contributed by atoms with Gasteiger partial charge in [-0.05, 0) is 17.6 Å². The Kier molecular flexibility index (Phi) is 1.83. The number of nitrogens with zero attached hydrogens (tertiary/aromatic N) is 1. The van der Waals surface area contributed by atoms with Gasteiger partial charge in [0, 0.05) is 0 Å². The summed E-state index contributed by atoms with van der Waals surface area (Å²) in [6, 6.07) is 2.11. The molecule has 0 aromatic heterocycles. The Hall–Kier alpha value is -0.120. The van der Waals surface area contributed by atoms with Crippen LogP contribution in [0.15, 0.2) is 10.7 Å². The van der Waals surface area contributed by atoms with Gasteiger partial charge in [0.05, 0.1) is 4.91 Å². The zero-order valence-corrected chi connectivity index (χ0v) is 6.33. The SMILES string of the molecule is C[PH]1=CSC(C#N)=C1. The van der Waals surface area contributed by atoms with Crippen molar-refractivity contribution < 1.29 is 0 Å². The van der Waals surface area contributed by atoms with Gasteiger partial charge >= 0.3 is 0 Å². The molecule has 0 saturated carbocycles. The van der Waals surface area contributed by atoms with Crippen LogP contribution in [0.2, 0.25) is 0 Å². The molecular formula is C5H6NPS. The smallest absolute Gasteiger partial charge is 0.106 e. The number of allylic oxidation sites excluding steroid dienone is 1. The maximum atomic E-state index is 8.34. The quantitative estimate of drug-likeness (QED) is 0.482. The molecule has 0 N–H and O–H groups in total. The maximum Gasteiger partial charge on any atom is 0.106 e. The Balaban J connectivity index is 2.74. The third kappa shape index (κ3) is 1.18. The second kappa shape index (κ2) is 2.44. The van der Waals surface area contributed by atoms with Gasteiger partial charge in [-0.25, -0.2) is 0 Å². The first-order chi connectivity index (χ1) is 3.83. The van der Waals surface area contributed by atoms with E-state index in [1.54, 1.807) is 11.8 Å². The molecule has 8 heavy (non-hydrogen) atoms. The highest BCUT2D eigenvalue weighted by Gasteiger charge is 1.99. The fraction of sp³-hybridized carbons (Fsp3) is 0.200. The zero-order chi connectivity index (χ0) is 5.98. The minimum Gasteiger partial charge on any atom is -0.192 e. The summed E-state index contributed by atoms with van der Waals surface area (Å²) in [5.74, 6) is 2.06. The highest BCUT2D eigenvalue weighted by Crippen LogP contribution is 2.34. The molecule has 0 bridgehead atoms. The Morgan fingerprint density at radius 1 is 1.88 bits per heavy atom. The average molecular weight is 143 g/mol. The Labute approximate surface area is 53.8 Å². The lowest BCUT2D eigenvalue weighted by Crippen LogP contribution is -1.57. The summed E-state index contributed by atoms with van der Waals surface area (Å²) < 4.78 is 0. The van der Waals surface area contributed by atoms with Gasteiger partial charge < -0.3 is 0 Å². The van der Waals surface area contributed by atoms with E-state index in [0.29, 0.717) is 0 Å². The van der Waals surface area contributed by atoms with E-state index >= 15 is 0 Å². The molecule has 0 aromatic rings. The molecule has 0 radical (unpaired) electrons. The molecule has 3 heteroatoms. The van der Waals surface area contributed by atoms with Gasteiger partial charge in [0.1, 0.15) is 6.07 Å². The van der Waals surface area contributed by atoms with Crippen molar-refractivity contribution in [2.24, 2.45) is 0 Å². The average Bonchev–Trinajstić information content (AvgIpc) is 2.14. The molecule has 0 aromatic carbocycles. The predicted octanol–water partition coefficient (Wildman–Crippen LogP) is 1.70. The summed E-state index contributed by atoms with van der Waals surface area (Å²) in [5, 5.41) is 10.5. The molecule has 1 aliphatic rings. The highest BCUT2D eigenvalue weighted by atomic mass is 32.2. The van der Waals surface area contributed by atoms with Crippen LogP contribution in [0, 0.1) is 11.3 Å². The molecule has 1 atom stereocenters. The van der Waals surface area contributed by atoms with E-state index < -0.39 is 0 Å². The van der Waals surface area contributed by atoms with E-state index in [9.17, 15) is 0 Å². The van der Waals surface area contributed by atoms with Crippen LogP contribution in [0.25, 0.3) is 0 Å². The molecule has 0 amide bonds. The summed E-state index contributed by atoms with van der Waals surface area (Å²) in [7, 11) is -0.364. The van der Waals surface area contributed by atoms with Crippen LogP contribution in [0.3, 0.4) is 0 Å². The van der Waals surface area contributed by atoms with Crippen molar-refractivity contribution in [3.05, 3.63) is 10.7 Å². The number of nitriles is 1. The Morgan fingerprint density at radius 2 is 2.62 bits per heavy atom. The van der Waals surface area contributed by atoms with E-state index in [1.165, 1.54) is 0 Å². The van der Waals surface area contributed by atoms with Crippen molar-refractivity contribution >= 4 is 24.4 Å². The lowest BCUT2D eigenvalue weighted by atomic mass is 10.7. The van der Waals surface area contributed by atoms with Crippen molar-refractivity contribution in [1.29, 1.82) is 5.26 Å². The van der Waals surface area contributed by atoms with Crippen LogP contribution in [-0.4, -0.2) is 11.8 Å². The third-order valence-corrected chi connectivity index (χ3v) is 4.22. The summed E-state index contributed by atoms with van der Waals surface area (Å²) in [5.41, 5.74) is 0. The summed E-state index contributed by atoms with van der Waals surface area (Å²) in [4.78, 5) is 0.876. The molecule has 0 spiro atoms. The topological polar surface area (TPSA) is 23.8 Å². The third-order valence-electron chi connectivity index (χ3n) is 0.841. The number of thioether (sulfide) groups is 1. The summed E-state index contributed by atoms with van der Waals surface area (Å²) >= 11 is 1.57. The number of hydrogen-bond acceptors (Lipinski definition) is 2. The molecule has 1 nitrogen and oxygen atoms in total. The Morgan fingerprint density at radius 3 is 2.88 bits per heavy atom. The lowest BCUT2D eigenvalue weighted by Gasteiger charge is -1.75. The van der Waals surface area contributed by atoms with Gasteiger partial charge in [-0.1, -0.05) is 19.3 Å².